The molecule has 0 aromatic carbocycles. The van der Waals surface area contributed by atoms with Gasteiger partial charge < -0.3 is 24.5 Å². The molecule has 3 N–H and O–H groups in total. The minimum Gasteiger partial charge on any atom is -0.389 e. The van der Waals surface area contributed by atoms with E-state index in [1.54, 1.807) is 17.7 Å². The second kappa shape index (κ2) is 9.83. The fourth-order valence-corrected chi connectivity index (χ4v) is 3.25. The Labute approximate surface area is 167 Å². The third-order valence-electron chi connectivity index (χ3n) is 4.76. The lowest BCUT2D eigenvalue weighted by atomic mass is 10.3. The lowest BCUT2D eigenvalue weighted by molar-refractivity contribution is 0.0393. The van der Waals surface area contributed by atoms with Crippen molar-refractivity contribution in [2.24, 2.45) is 7.05 Å². The van der Waals surface area contributed by atoms with Gasteiger partial charge in [0.1, 0.15) is 0 Å². The molecule has 0 radical (unpaired) electrons. The molecule has 2 aromatic heterocycles. The monoisotopic (exact) mass is 408 g/mol. The minimum absolute atomic E-state index is 0.0859. The molecule has 3 heterocycles. The number of aromatic nitrogens is 4. The van der Waals surface area contributed by atoms with E-state index in [0.29, 0.717) is 32.3 Å². The summed E-state index contributed by atoms with van der Waals surface area (Å²) >= 11 is 0. The van der Waals surface area contributed by atoms with E-state index in [1.807, 2.05) is 0 Å². The third kappa shape index (κ3) is 5.12. The van der Waals surface area contributed by atoms with Gasteiger partial charge in [0, 0.05) is 33.2 Å². The van der Waals surface area contributed by atoms with Gasteiger partial charge in [0.2, 0.25) is 5.95 Å². The van der Waals surface area contributed by atoms with Crippen LogP contribution in [0.3, 0.4) is 0 Å². The van der Waals surface area contributed by atoms with Crippen LogP contribution in [0.2, 0.25) is 0 Å². The van der Waals surface area contributed by atoms with Crippen molar-refractivity contribution in [2.75, 3.05) is 57.9 Å². The van der Waals surface area contributed by atoms with Gasteiger partial charge in [-0.05, 0) is 0 Å². The quantitative estimate of drug-likeness (QED) is 0.328. The van der Waals surface area contributed by atoms with Crippen molar-refractivity contribution < 1.29 is 14.6 Å². The molecule has 1 aliphatic rings. The van der Waals surface area contributed by atoms with Crippen LogP contribution in [0.25, 0.3) is 11.2 Å². The van der Waals surface area contributed by atoms with Gasteiger partial charge in [-0.3, -0.25) is 19.2 Å². The van der Waals surface area contributed by atoms with Crippen LogP contribution in [0.5, 0.6) is 0 Å². The fraction of sp³-hybridized carbons (Fsp3) is 0.611. The number of H-pyrrole nitrogens is 1. The number of fused-ring (bicyclic) bond motifs is 1. The molecule has 0 spiro atoms. The molecule has 0 amide bonds. The number of aliphatic hydroxyl groups is 1. The Morgan fingerprint density at radius 2 is 2.17 bits per heavy atom. The average molecular weight is 408 g/mol. The molecular formula is C18H28N6O5. The van der Waals surface area contributed by atoms with Gasteiger partial charge in [0.25, 0.3) is 5.56 Å². The second-order valence-electron chi connectivity index (χ2n) is 6.90. The average Bonchev–Trinajstić information content (AvgIpc) is 3.06. The van der Waals surface area contributed by atoms with E-state index in [2.05, 4.69) is 26.8 Å². The van der Waals surface area contributed by atoms with Gasteiger partial charge in [0.05, 0.1) is 39.1 Å². The zero-order chi connectivity index (χ0) is 20.8. The zero-order valence-corrected chi connectivity index (χ0v) is 16.6. The highest BCUT2D eigenvalue weighted by molar-refractivity contribution is 5.74. The molecule has 11 heteroatoms. The topological polar surface area (TPSA) is 127 Å². The summed E-state index contributed by atoms with van der Waals surface area (Å²) in [4.78, 5) is 33.4. The maximum atomic E-state index is 12.4. The lowest BCUT2D eigenvalue weighted by Crippen LogP contribution is -2.39. The molecule has 160 valence electrons. The highest BCUT2D eigenvalue weighted by atomic mass is 16.5. The SMILES string of the molecule is C=CCOCC(O)Cn1c(NCCN2CCOCC2)nc2c1c(=O)[nH]c(=O)n2C. The minimum atomic E-state index is -0.858. The Hall–Kier alpha value is -2.47. The van der Waals surface area contributed by atoms with E-state index in [0.717, 1.165) is 19.6 Å². The van der Waals surface area contributed by atoms with Gasteiger partial charge in [0.15, 0.2) is 11.2 Å². The highest BCUT2D eigenvalue weighted by Gasteiger charge is 2.20. The van der Waals surface area contributed by atoms with E-state index in [-0.39, 0.29) is 24.3 Å². The number of morpholine rings is 1. The number of rotatable bonds is 10. The van der Waals surface area contributed by atoms with Crippen LogP contribution in [0.1, 0.15) is 0 Å². The molecule has 1 saturated heterocycles. The molecular weight excluding hydrogens is 380 g/mol. The van der Waals surface area contributed by atoms with Crippen LogP contribution in [-0.4, -0.2) is 87.8 Å². The summed E-state index contributed by atoms with van der Waals surface area (Å²) in [7, 11) is 1.54. The van der Waals surface area contributed by atoms with E-state index in [9.17, 15) is 14.7 Å². The normalized spacial score (nSPS) is 16.2. The molecule has 1 aliphatic heterocycles. The Balaban J connectivity index is 1.82. The standard InChI is InChI=1S/C18H28N6O5/c1-3-8-29-12-13(25)11-24-14-15(22(2)18(27)21-16(14)26)20-17(24)19-4-5-23-6-9-28-10-7-23/h3,13,25H,1,4-12H2,2H3,(H,19,20)(H,21,26,27). The highest BCUT2D eigenvalue weighted by Crippen LogP contribution is 2.16. The molecule has 1 atom stereocenters. The first-order valence-electron chi connectivity index (χ1n) is 9.61. The number of aliphatic hydroxyl groups excluding tert-OH is 1. The Morgan fingerprint density at radius 3 is 2.90 bits per heavy atom. The number of aromatic amines is 1. The Morgan fingerprint density at radius 1 is 1.41 bits per heavy atom. The van der Waals surface area contributed by atoms with Crippen LogP contribution >= 0.6 is 0 Å². The number of ether oxygens (including phenoxy) is 2. The Kier molecular flexibility index (Phi) is 7.20. The molecule has 2 aromatic rings. The van der Waals surface area contributed by atoms with Crippen LogP contribution < -0.4 is 16.6 Å². The molecule has 0 aliphatic carbocycles. The summed E-state index contributed by atoms with van der Waals surface area (Å²) in [6.45, 7) is 8.61. The first-order chi connectivity index (χ1) is 14.0. The van der Waals surface area contributed by atoms with Crippen molar-refractivity contribution in [1.82, 2.24) is 24.0 Å². The maximum absolute atomic E-state index is 12.4. The number of hydrogen-bond acceptors (Lipinski definition) is 8. The van der Waals surface area contributed by atoms with Crippen molar-refractivity contribution in [3.63, 3.8) is 0 Å². The van der Waals surface area contributed by atoms with Gasteiger partial charge in [-0.15, -0.1) is 6.58 Å². The Bertz CT molecular complexity index is 943. The van der Waals surface area contributed by atoms with Crippen LogP contribution in [-0.2, 0) is 23.1 Å². The molecule has 11 nitrogen and oxygen atoms in total. The number of nitrogens with one attached hydrogen (secondary N) is 2. The molecule has 1 fully saturated rings. The second-order valence-corrected chi connectivity index (χ2v) is 6.90. The van der Waals surface area contributed by atoms with Crippen molar-refractivity contribution in [2.45, 2.75) is 12.6 Å². The predicted molar refractivity (Wildman–Crippen MR) is 108 cm³/mol. The number of aryl methyl sites for hydroxylation is 1. The van der Waals surface area contributed by atoms with Crippen LogP contribution in [0.15, 0.2) is 22.2 Å². The smallest absolute Gasteiger partial charge is 0.329 e. The number of nitrogens with zero attached hydrogens (tertiary/aromatic N) is 4. The zero-order valence-electron chi connectivity index (χ0n) is 16.6. The number of hydrogen-bond donors (Lipinski definition) is 3. The van der Waals surface area contributed by atoms with Crippen molar-refractivity contribution in [1.29, 1.82) is 0 Å². The predicted octanol–water partition coefficient (Wildman–Crippen LogP) is -1.27. The molecule has 29 heavy (non-hydrogen) atoms. The van der Waals surface area contributed by atoms with Gasteiger partial charge in [-0.1, -0.05) is 6.08 Å². The summed E-state index contributed by atoms with van der Waals surface area (Å²) in [6, 6.07) is 0. The summed E-state index contributed by atoms with van der Waals surface area (Å²) in [6.07, 6.45) is 0.738. The van der Waals surface area contributed by atoms with Crippen molar-refractivity contribution >= 4 is 17.1 Å². The summed E-state index contributed by atoms with van der Waals surface area (Å²) < 4.78 is 13.5. The van der Waals surface area contributed by atoms with E-state index in [4.69, 9.17) is 9.47 Å². The first kappa shape index (κ1) is 21.2. The lowest BCUT2D eigenvalue weighted by Gasteiger charge is -2.26. The van der Waals surface area contributed by atoms with Gasteiger partial charge in [-0.2, -0.15) is 4.98 Å². The first-order valence-corrected chi connectivity index (χ1v) is 9.61. The summed E-state index contributed by atoms with van der Waals surface area (Å²) in [5, 5.41) is 13.6. The molecule has 3 rings (SSSR count). The summed E-state index contributed by atoms with van der Waals surface area (Å²) in [5.74, 6) is 0.419. The van der Waals surface area contributed by atoms with E-state index in [1.165, 1.54) is 4.57 Å². The van der Waals surface area contributed by atoms with E-state index < -0.39 is 17.4 Å². The summed E-state index contributed by atoms with van der Waals surface area (Å²) in [5.41, 5.74) is -0.603. The fourth-order valence-electron chi connectivity index (χ4n) is 3.25. The number of anilines is 1. The molecule has 0 saturated carbocycles. The van der Waals surface area contributed by atoms with Crippen LogP contribution in [0.4, 0.5) is 5.95 Å². The van der Waals surface area contributed by atoms with Crippen LogP contribution in [0, 0.1) is 0 Å². The van der Waals surface area contributed by atoms with Crippen molar-refractivity contribution in [3.8, 4) is 0 Å². The van der Waals surface area contributed by atoms with E-state index >= 15 is 0 Å². The molecule has 1 unspecified atom stereocenters. The maximum Gasteiger partial charge on any atom is 0.329 e. The number of imidazole rings is 1. The largest absolute Gasteiger partial charge is 0.389 e. The molecule has 0 bridgehead atoms. The van der Waals surface area contributed by atoms with Crippen molar-refractivity contribution in [3.05, 3.63) is 33.5 Å². The van der Waals surface area contributed by atoms with Gasteiger partial charge in [-0.25, -0.2) is 4.79 Å². The van der Waals surface area contributed by atoms with Gasteiger partial charge >= 0.3 is 5.69 Å². The third-order valence-corrected chi connectivity index (χ3v) is 4.76.